The quantitative estimate of drug-likeness (QED) is 0.335. The Morgan fingerprint density at radius 2 is 2.00 bits per heavy atom. The second-order valence-corrected chi connectivity index (χ2v) is 6.12. The van der Waals surface area contributed by atoms with Crippen LogP contribution < -0.4 is 0 Å². The van der Waals surface area contributed by atoms with Gasteiger partial charge in [-0.3, -0.25) is 0 Å². The first kappa shape index (κ1) is 14.9. The Morgan fingerprint density at radius 3 is 2.53 bits per heavy atom. The van der Waals surface area contributed by atoms with Gasteiger partial charge >= 0.3 is 0 Å². The molecule has 17 heavy (non-hydrogen) atoms. The van der Waals surface area contributed by atoms with Gasteiger partial charge in [-0.1, -0.05) is 34.1 Å². The molecule has 0 aliphatic heterocycles. The third-order valence-corrected chi connectivity index (χ3v) is 3.27. The Bertz CT molecular complexity index is 229. The molecule has 2 atom stereocenters. The average molecular weight is 246 g/mol. The summed E-state index contributed by atoms with van der Waals surface area (Å²) in [7, 11) is 0. The van der Waals surface area contributed by atoms with Crippen LogP contribution in [0.3, 0.4) is 0 Å². The van der Waals surface area contributed by atoms with Crippen molar-refractivity contribution in [1.29, 1.82) is 0 Å². The largest absolute Gasteiger partial charge is 0.249 e. The SMILES string of the molecule is CCCCOOC1(OO)CC(C)CC(C)(C)C1. The third-order valence-electron chi connectivity index (χ3n) is 3.27. The van der Waals surface area contributed by atoms with E-state index >= 15 is 0 Å². The molecule has 2 unspecified atom stereocenters. The first-order chi connectivity index (χ1) is 7.93. The smallest absolute Gasteiger partial charge is 0.234 e. The lowest BCUT2D eigenvalue weighted by Gasteiger charge is -2.43. The molecule has 0 aromatic rings. The molecule has 0 amide bonds. The number of rotatable bonds is 6. The standard InChI is InChI=1S/C13H26O4/c1-5-6-7-15-17-13(16-14)9-11(2)8-12(3,4)10-13/h11,14H,5-10H2,1-4H3. The Hall–Kier alpha value is -0.160. The lowest BCUT2D eigenvalue weighted by atomic mass is 9.70. The molecule has 0 spiro atoms. The summed E-state index contributed by atoms with van der Waals surface area (Å²) in [6.07, 6.45) is 4.42. The normalized spacial score (nSPS) is 32.6. The molecular formula is C13H26O4. The molecule has 0 radical (unpaired) electrons. The highest BCUT2D eigenvalue weighted by Gasteiger charge is 2.46. The van der Waals surface area contributed by atoms with Crippen molar-refractivity contribution in [1.82, 2.24) is 0 Å². The van der Waals surface area contributed by atoms with E-state index in [1.54, 1.807) is 0 Å². The minimum absolute atomic E-state index is 0.0918. The maximum absolute atomic E-state index is 9.14. The average Bonchev–Trinajstić information content (AvgIpc) is 2.22. The van der Waals surface area contributed by atoms with Crippen molar-refractivity contribution in [2.24, 2.45) is 11.3 Å². The molecule has 1 aliphatic carbocycles. The van der Waals surface area contributed by atoms with E-state index in [0.29, 0.717) is 25.4 Å². The van der Waals surface area contributed by atoms with Crippen molar-refractivity contribution in [2.45, 2.75) is 65.6 Å². The van der Waals surface area contributed by atoms with Crippen molar-refractivity contribution in [2.75, 3.05) is 6.61 Å². The van der Waals surface area contributed by atoms with E-state index in [1.165, 1.54) is 0 Å². The van der Waals surface area contributed by atoms with Crippen LogP contribution >= 0.6 is 0 Å². The molecule has 1 aliphatic rings. The Kier molecular flexibility index (Phi) is 5.38. The molecule has 1 N–H and O–H groups in total. The van der Waals surface area contributed by atoms with Crippen LogP contribution in [-0.4, -0.2) is 17.7 Å². The van der Waals surface area contributed by atoms with Crippen LogP contribution in [0.1, 0.15) is 59.8 Å². The van der Waals surface area contributed by atoms with Gasteiger partial charge in [0.1, 0.15) is 0 Å². The molecular weight excluding hydrogens is 220 g/mol. The van der Waals surface area contributed by atoms with Crippen molar-refractivity contribution >= 4 is 0 Å². The van der Waals surface area contributed by atoms with Crippen LogP contribution in [0.2, 0.25) is 0 Å². The van der Waals surface area contributed by atoms with E-state index in [2.05, 4.69) is 32.6 Å². The van der Waals surface area contributed by atoms with Gasteiger partial charge in [0.25, 0.3) is 0 Å². The van der Waals surface area contributed by atoms with Gasteiger partial charge in [0.15, 0.2) is 0 Å². The zero-order valence-electron chi connectivity index (χ0n) is 11.5. The molecule has 1 saturated carbocycles. The third kappa shape index (κ3) is 4.54. The van der Waals surface area contributed by atoms with Gasteiger partial charge in [0, 0.05) is 12.8 Å². The van der Waals surface area contributed by atoms with E-state index in [4.69, 9.17) is 15.0 Å². The summed E-state index contributed by atoms with van der Waals surface area (Å²) in [4.78, 5) is 15.1. The lowest BCUT2D eigenvalue weighted by Crippen LogP contribution is -2.46. The highest BCUT2D eigenvalue weighted by molar-refractivity contribution is 4.87. The summed E-state index contributed by atoms with van der Waals surface area (Å²) < 4.78 is 0. The van der Waals surface area contributed by atoms with Crippen LogP contribution in [0.15, 0.2) is 0 Å². The van der Waals surface area contributed by atoms with Crippen LogP contribution in [0.4, 0.5) is 0 Å². The maximum Gasteiger partial charge on any atom is 0.234 e. The van der Waals surface area contributed by atoms with E-state index in [9.17, 15) is 0 Å². The van der Waals surface area contributed by atoms with Crippen molar-refractivity contribution < 1.29 is 19.9 Å². The van der Waals surface area contributed by atoms with E-state index in [-0.39, 0.29) is 5.41 Å². The van der Waals surface area contributed by atoms with E-state index < -0.39 is 5.79 Å². The molecule has 0 bridgehead atoms. The minimum Gasteiger partial charge on any atom is -0.249 e. The Balaban J connectivity index is 2.54. The summed E-state index contributed by atoms with van der Waals surface area (Å²) in [5.74, 6) is -0.546. The monoisotopic (exact) mass is 246 g/mol. The summed E-state index contributed by atoms with van der Waals surface area (Å²) in [5, 5.41) is 9.14. The summed E-state index contributed by atoms with van der Waals surface area (Å²) >= 11 is 0. The maximum atomic E-state index is 9.14. The van der Waals surface area contributed by atoms with Crippen LogP contribution in [-0.2, 0) is 14.7 Å². The number of unbranched alkanes of at least 4 members (excludes halogenated alkanes) is 1. The molecule has 4 heteroatoms. The second-order valence-electron chi connectivity index (χ2n) is 6.12. The molecule has 1 rings (SSSR count). The van der Waals surface area contributed by atoms with Gasteiger partial charge in [-0.2, -0.15) is 4.89 Å². The molecule has 0 saturated heterocycles. The van der Waals surface area contributed by atoms with Crippen LogP contribution in [0.25, 0.3) is 0 Å². The molecule has 0 aromatic carbocycles. The van der Waals surface area contributed by atoms with Crippen molar-refractivity contribution in [3.63, 3.8) is 0 Å². The fourth-order valence-corrected chi connectivity index (χ4v) is 2.92. The number of hydrogen-bond donors (Lipinski definition) is 1. The fraction of sp³-hybridized carbons (Fsp3) is 1.00. The fourth-order valence-electron chi connectivity index (χ4n) is 2.92. The van der Waals surface area contributed by atoms with E-state index in [0.717, 1.165) is 19.3 Å². The topological polar surface area (TPSA) is 47.9 Å². The highest BCUT2D eigenvalue weighted by Crippen LogP contribution is 2.45. The first-order valence-electron chi connectivity index (χ1n) is 6.56. The van der Waals surface area contributed by atoms with Gasteiger partial charge in [0.2, 0.25) is 5.79 Å². The molecule has 1 fully saturated rings. The van der Waals surface area contributed by atoms with Crippen LogP contribution in [0, 0.1) is 11.3 Å². The second kappa shape index (κ2) is 6.14. The minimum atomic E-state index is -0.991. The van der Waals surface area contributed by atoms with Gasteiger partial charge in [-0.05, 0) is 24.2 Å². The Labute approximate surface area is 104 Å². The highest BCUT2D eigenvalue weighted by atomic mass is 17.3. The van der Waals surface area contributed by atoms with Crippen LogP contribution in [0.5, 0.6) is 0 Å². The van der Waals surface area contributed by atoms with E-state index in [1.807, 2.05) is 0 Å². The predicted octanol–water partition coefficient (Wildman–Crippen LogP) is 3.77. The lowest BCUT2D eigenvalue weighted by molar-refractivity contribution is -0.512. The summed E-state index contributed by atoms with van der Waals surface area (Å²) in [6, 6.07) is 0. The zero-order chi connectivity index (χ0) is 12.9. The summed E-state index contributed by atoms with van der Waals surface area (Å²) in [6.45, 7) is 9.09. The van der Waals surface area contributed by atoms with Crippen molar-refractivity contribution in [3.8, 4) is 0 Å². The Morgan fingerprint density at radius 1 is 1.29 bits per heavy atom. The first-order valence-corrected chi connectivity index (χ1v) is 6.56. The molecule has 4 nitrogen and oxygen atoms in total. The molecule has 102 valence electrons. The van der Waals surface area contributed by atoms with Gasteiger partial charge in [-0.25, -0.2) is 15.0 Å². The van der Waals surface area contributed by atoms with Gasteiger partial charge in [-0.15, -0.1) is 0 Å². The summed E-state index contributed by atoms with van der Waals surface area (Å²) in [5.41, 5.74) is 0.0918. The van der Waals surface area contributed by atoms with Gasteiger partial charge in [0.05, 0.1) is 6.61 Å². The zero-order valence-corrected chi connectivity index (χ0v) is 11.5. The van der Waals surface area contributed by atoms with Gasteiger partial charge < -0.3 is 0 Å². The molecule has 0 aromatic heterocycles. The van der Waals surface area contributed by atoms with Crippen molar-refractivity contribution in [3.05, 3.63) is 0 Å². The predicted molar refractivity (Wildman–Crippen MR) is 65.2 cm³/mol. The molecule has 0 heterocycles. The number of hydrogen-bond acceptors (Lipinski definition) is 4.